The molecule has 7 aromatic carbocycles. The number of nitrogens with zero attached hydrogens (tertiary/aromatic N) is 4. The van der Waals surface area contributed by atoms with E-state index >= 15 is 0 Å². The summed E-state index contributed by atoms with van der Waals surface area (Å²) in [4.78, 5) is 9.33. The van der Waals surface area contributed by atoms with Crippen LogP contribution in [0.2, 0.25) is 0 Å². The van der Waals surface area contributed by atoms with Crippen LogP contribution in [0, 0.1) is 24.7 Å². The molecule has 0 spiro atoms. The monoisotopic (exact) mass is 944 g/mol. The van der Waals surface area contributed by atoms with E-state index in [0.29, 0.717) is 17.4 Å². The van der Waals surface area contributed by atoms with E-state index < -0.39 is 0 Å². The Bertz CT molecular complexity index is 3040. The van der Waals surface area contributed by atoms with Gasteiger partial charge in [0.25, 0.3) is 0 Å². The number of fused-ring (bicyclic) bond motifs is 1. The van der Waals surface area contributed by atoms with Gasteiger partial charge in [-0.2, -0.15) is 6.07 Å². The SMILES string of the molecule is CC(C)Cc1ccnc(-n2c3[c-]c(Oc4[c-]c(N5[CH-]N(c6c(-c7ccccc7)cccc6-c6ccccc6)c6ccccc65)ccc4)cc4oc5cccc2c5c43)c1.[Pt]. The minimum atomic E-state index is 0. The first-order chi connectivity index (χ1) is 28.6. The van der Waals surface area contributed by atoms with Crippen molar-refractivity contribution in [1.29, 1.82) is 0 Å². The summed E-state index contributed by atoms with van der Waals surface area (Å²) in [5.41, 5.74) is 13.3. The van der Waals surface area contributed by atoms with Gasteiger partial charge >= 0.3 is 0 Å². The second-order valence-electron chi connectivity index (χ2n) is 15.2. The minimum absolute atomic E-state index is 0. The fraction of sp³-hybridized carbons (Fsp3) is 0.0769. The summed E-state index contributed by atoms with van der Waals surface area (Å²) in [6.07, 6.45) is 2.87. The molecule has 290 valence electrons. The van der Waals surface area contributed by atoms with Crippen molar-refractivity contribution in [2.45, 2.75) is 20.3 Å². The molecule has 59 heavy (non-hydrogen) atoms. The van der Waals surface area contributed by atoms with Crippen LogP contribution < -0.4 is 14.5 Å². The van der Waals surface area contributed by atoms with Crippen LogP contribution >= 0.6 is 0 Å². The number of ether oxygens (including phenoxy) is 1. The molecule has 0 atom stereocenters. The Labute approximate surface area is 357 Å². The van der Waals surface area contributed by atoms with Gasteiger partial charge in [0.15, 0.2) is 0 Å². The van der Waals surface area contributed by atoms with Gasteiger partial charge < -0.3 is 23.5 Å². The maximum atomic E-state index is 6.65. The number of hydrogen-bond acceptors (Lipinski definition) is 5. The number of hydrogen-bond donors (Lipinski definition) is 0. The van der Waals surface area contributed by atoms with E-state index in [1.807, 2.05) is 36.5 Å². The van der Waals surface area contributed by atoms with Gasteiger partial charge in [-0.15, -0.1) is 36.6 Å². The average molecular weight is 945 g/mol. The van der Waals surface area contributed by atoms with Crippen molar-refractivity contribution in [3.63, 3.8) is 0 Å². The molecule has 0 saturated carbocycles. The number of para-hydroxylation sites is 3. The molecule has 6 nitrogen and oxygen atoms in total. The zero-order valence-corrected chi connectivity index (χ0v) is 34.6. The molecule has 1 aliphatic heterocycles. The Balaban J connectivity index is 0.00000420. The van der Waals surface area contributed by atoms with Gasteiger partial charge in [-0.25, -0.2) is 4.98 Å². The maximum Gasteiger partial charge on any atom is 0.135 e. The van der Waals surface area contributed by atoms with Crippen LogP contribution in [-0.2, 0) is 27.5 Å². The normalized spacial score (nSPS) is 12.5. The molecule has 4 heterocycles. The molecule has 11 rings (SSSR count). The minimum Gasteiger partial charge on any atom is -0.509 e. The van der Waals surface area contributed by atoms with Gasteiger partial charge in [0.1, 0.15) is 11.4 Å². The van der Waals surface area contributed by atoms with E-state index in [1.165, 1.54) is 5.56 Å². The van der Waals surface area contributed by atoms with Crippen LogP contribution in [0.3, 0.4) is 0 Å². The number of pyridine rings is 1. The van der Waals surface area contributed by atoms with Crippen LogP contribution in [0.4, 0.5) is 22.7 Å². The summed E-state index contributed by atoms with van der Waals surface area (Å²) in [6, 6.07) is 61.8. The number of benzene rings is 7. The third kappa shape index (κ3) is 6.36. The fourth-order valence-electron chi connectivity index (χ4n) is 8.51. The topological polar surface area (TPSA) is 46.7 Å². The van der Waals surface area contributed by atoms with Gasteiger partial charge in [-0.1, -0.05) is 128 Å². The Morgan fingerprint density at radius 1 is 0.644 bits per heavy atom. The second kappa shape index (κ2) is 15.0. The van der Waals surface area contributed by atoms with Crippen molar-refractivity contribution in [2.24, 2.45) is 5.92 Å². The van der Waals surface area contributed by atoms with E-state index in [2.05, 4.69) is 174 Å². The Morgan fingerprint density at radius 2 is 1.32 bits per heavy atom. The number of anilines is 4. The van der Waals surface area contributed by atoms with Gasteiger partial charge in [-0.05, 0) is 70.8 Å². The smallest absolute Gasteiger partial charge is 0.135 e. The molecule has 0 radical (unpaired) electrons. The third-order valence-corrected chi connectivity index (χ3v) is 10.9. The van der Waals surface area contributed by atoms with Crippen LogP contribution in [0.15, 0.2) is 168 Å². The first-order valence-electron chi connectivity index (χ1n) is 19.7. The molecule has 0 fully saturated rings. The van der Waals surface area contributed by atoms with E-state index in [-0.39, 0.29) is 21.1 Å². The molecule has 0 amide bonds. The van der Waals surface area contributed by atoms with Crippen LogP contribution in [-0.4, -0.2) is 9.55 Å². The summed E-state index contributed by atoms with van der Waals surface area (Å²) in [5.74, 6) is 2.48. The van der Waals surface area contributed by atoms with Crippen LogP contribution in [0.25, 0.3) is 61.0 Å². The Hall–Kier alpha value is -6.62. The summed E-state index contributed by atoms with van der Waals surface area (Å²) >= 11 is 0. The molecule has 0 aliphatic carbocycles. The molecular weight excluding hydrogens is 908 g/mol. The molecule has 0 saturated heterocycles. The fourth-order valence-corrected chi connectivity index (χ4v) is 8.51. The molecule has 1 aliphatic rings. The van der Waals surface area contributed by atoms with E-state index in [4.69, 9.17) is 14.1 Å². The molecule has 10 aromatic rings. The van der Waals surface area contributed by atoms with Crippen LogP contribution in [0.1, 0.15) is 19.4 Å². The molecule has 0 unspecified atom stereocenters. The quantitative estimate of drug-likeness (QED) is 0.135. The largest absolute Gasteiger partial charge is 0.509 e. The summed E-state index contributed by atoms with van der Waals surface area (Å²) in [5, 5.41) is 2.08. The van der Waals surface area contributed by atoms with Crippen molar-refractivity contribution in [3.8, 4) is 39.6 Å². The summed E-state index contributed by atoms with van der Waals surface area (Å²) in [7, 11) is 0. The van der Waals surface area contributed by atoms with Crippen molar-refractivity contribution in [2.75, 3.05) is 9.80 Å². The summed E-state index contributed by atoms with van der Waals surface area (Å²) < 4.78 is 15.2. The van der Waals surface area contributed by atoms with Gasteiger partial charge in [0.2, 0.25) is 0 Å². The number of aromatic nitrogens is 2. The van der Waals surface area contributed by atoms with Gasteiger partial charge in [0.05, 0.1) is 0 Å². The predicted octanol–water partition coefficient (Wildman–Crippen LogP) is 13.7. The molecule has 0 N–H and O–H groups in total. The Kier molecular flexibility index (Phi) is 9.30. The summed E-state index contributed by atoms with van der Waals surface area (Å²) in [6.45, 7) is 6.64. The maximum absolute atomic E-state index is 6.65. The second-order valence-corrected chi connectivity index (χ2v) is 15.2. The van der Waals surface area contributed by atoms with E-state index in [0.717, 1.165) is 90.2 Å². The van der Waals surface area contributed by atoms with E-state index in [1.54, 1.807) is 0 Å². The zero-order valence-electron chi connectivity index (χ0n) is 32.4. The third-order valence-electron chi connectivity index (χ3n) is 10.9. The Morgan fingerprint density at radius 3 is 2.05 bits per heavy atom. The van der Waals surface area contributed by atoms with Crippen molar-refractivity contribution in [1.82, 2.24) is 9.55 Å². The van der Waals surface area contributed by atoms with E-state index in [9.17, 15) is 0 Å². The molecule has 3 aromatic heterocycles. The number of furan rings is 1. The molecule has 0 bridgehead atoms. The van der Waals surface area contributed by atoms with Crippen molar-refractivity contribution in [3.05, 3.63) is 188 Å². The van der Waals surface area contributed by atoms with Crippen molar-refractivity contribution < 1.29 is 30.2 Å². The molecular formula is C52H37N4O2Pt-3. The first kappa shape index (κ1) is 36.7. The standard InChI is InChI=1S/C52H37N4O2.Pt/c1-34(2)28-35-26-27-53-49(29-35)56-45-24-13-25-47-50(45)51-46(56)31-40(32-48(51)58-47)57-39-19-11-18-38(30-39)54-33-55(44-23-10-9-22-43(44)54)52-41(36-14-5-3-6-15-36)20-12-21-42(52)37-16-7-4-8-17-37;/h3-27,29,32-34H,28H2,1-2H3;/q-3;. The number of rotatable bonds is 9. The first-order valence-corrected chi connectivity index (χ1v) is 19.7. The van der Waals surface area contributed by atoms with Gasteiger partial charge in [0, 0.05) is 78.0 Å². The van der Waals surface area contributed by atoms with Gasteiger partial charge in [-0.3, -0.25) is 0 Å². The van der Waals surface area contributed by atoms with Crippen LogP contribution in [0.5, 0.6) is 11.5 Å². The zero-order chi connectivity index (χ0) is 38.7. The average Bonchev–Trinajstić information content (AvgIpc) is 3.94. The predicted molar refractivity (Wildman–Crippen MR) is 235 cm³/mol. The molecule has 7 heteroatoms. The van der Waals surface area contributed by atoms with Crippen molar-refractivity contribution >= 4 is 55.7 Å².